The van der Waals surface area contributed by atoms with Gasteiger partial charge in [0, 0.05) is 42.8 Å². The fraction of sp³-hybridized carbons (Fsp3) is 0.350. The Hall–Kier alpha value is -1.51. The molecule has 6 heteroatoms. The Morgan fingerprint density at radius 2 is 1.85 bits per heavy atom. The van der Waals surface area contributed by atoms with E-state index >= 15 is 0 Å². The van der Waals surface area contributed by atoms with Crippen LogP contribution in [0.1, 0.15) is 21.5 Å². The van der Waals surface area contributed by atoms with Crippen molar-refractivity contribution in [2.24, 2.45) is 0 Å². The van der Waals surface area contributed by atoms with Crippen LogP contribution >= 0.6 is 22.6 Å². The smallest absolute Gasteiger partial charge is 0.252 e. The van der Waals surface area contributed by atoms with Crippen LogP contribution in [0, 0.1) is 9.39 Å². The van der Waals surface area contributed by atoms with Gasteiger partial charge in [-0.25, -0.2) is 4.39 Å². The van der Waals surface area contributed by atoms with E-state index < -0.39 is 0 Å². The second kappa shape index (κ2) is 8.92. The molecule has 1 N–H and O–H groups in total. The highest BCUT2D eigenvalue weighted by molar-refractivity contribution is 14.1. The number of carbonyl (C=O) groups is 1. The summed E-state index contributed by atoms with van der Waals surface area (Å²) in [7, 11) is 2.16. The Kier molecular flexibility index (Phi) is 6.61. The van der Waals surface area contributed by atoms with E-state index in [1.165, 1.54) is 23.8 Å². The molecule has 0 aliphatic carbocycles. The number of hydrogen-bond acceptors (Lipinski definition) is 3. The van der Waals surface area contributed by atoms with Gasteiger partial charge < -0.3 is 10.2 Å². The number of hydrogen-bond donors (Lipinski definition) is 1. The highest BCUT2D eigenvalue weighted by atomic mass is 127. The predicted octanol–water partition coefficient (Wildman–Crippen LogP) is 3.11. The van der Waals surface area contributed by atoms with Crippen molar-refractivity contribution in [3.63, 3.8) is 0 Å². The summed E-state index contributed by atoms with van der Waals surface area (Å²) in [5.74, 6) is -0.513. The Balaban J connectivity index is 1.57. The van der Waals surface area contributed by atoms with Crippen LogP contribution < -0.4 is 5.32 Å². The molecule has 26 heavy (non-hydrogen) atoms. The van der Waals surface area contributed by atoms with Crippen LogP contribution in [-0.2, 0) is 13.1 Å². The van der Waals surface area contributed by atoms with E-state index in [1.54, 1.807) is 0 Å². The number of halogens is 2. The normalized spacial score (nSPS) is 15.8. The lowest BCUT2D eigenvalue weighted by Gasteiger charge is -2.32. The third kappa shape index (κ3) is 5.25. The maximum absolute atomic E-state index is 13.2. The number of piperazine rings is 1. The number of amides is 1. The quantitative estimate of drug-likeness (QED) is 0.687. The summed E-state index contributed by atoms with van der Waals surface area (Å²) in [5.41, 5.74) is 2.83. The van der Waals surface area contributed by atoms with E-state index in [9.17, 15) is 9.18 Å². The first kappa shape index (κ1) is 19.3. The zero-order valence-electron chi connectivity index (χ0n) is 14.8. The predicted molar refractivity (Wildman–Crippen MR) is 110 cm³/mol. The summed E-state index contributed by atoms with van der Waals surface area (Å²) in [6, 6.07) is 12.5. The fourth-order valence-electron chi connectivity index (χ4n) is 3.05. The molecule has 0 bridgehead atoms. The second-order valence-electron chi connectivity index (χ2n) is 6.71. The molecule has 0 aromatic heterocycles. The Labute approximate surface area is 167 Å². The number of nitrogens with zero attached hydrogens (tertiary/aromatic N) is 2. The lowest BCUT2D eigenvalue weighted by Crippen LogP contribution is -2.43. The van der Waals surface area contributed by atoms with Crippen LogP contribution in [0.2, 0.25) is 0 Å². The maximum atomic E-state index is 13.2. The first-order valence-corrected chi connectivity index (χ1v) is 9.81. The van der Waals surface area contributed by atoms with E-state index in [-0.39, 0.29) is 11.7 Å². The van der Waals surface area contributed by atoms with Gasteiger partial charge in [-0.15, -0.1) is 0 Å². The summed E-state index contributed by atoms with van der Waals surface area (Å²) in [6.45, 7) is 5.77. The van der Waals surface area contributed by atoms with Crippen molar-refractivity contribution in [1.82, 2.24) is 15.1 Å². The molecule has 1 amide bonds. The average molecular weight is 467 g/mol. The number of rotatable bonds is 5. The van der Waals surface area contributed by atoms with E-state index in [0.717, 1.165) is 38.3 Å². The maximum Gasteiger partial charge on any atom is 0.252 e. The van der Waals surface area contributed by atoms with Crippen molar-refractivity contribution in [3.8, 4) is 0 Å². The third-order valence-electron chi connectivity index (χ3n) is 4.62. The topological polar surface area (TPSA) is 35.6 Å². The zero-order chi connectivity index (χ0) is 18.5. The molecular formula is C20H23FIN3O. The Bertz CT molecular complexity index is 775. The van der Waals surface area contributed by atoms with Crippen molar-refractivity contribution in [2.45, 2.75) is 13.1 Å². The molecule has 0 atom stereocenters. The van der Waals surface area contributed by atoms with Crippen LogP contribution in [0.4, 0.5) is 4.39 Å². The standard InChI is InChI=1S/C20H23FIN3O/c1-24-7-9-25(10-8-24)14-16-4-2-3-15(11-16)13-23-20(26)18-6-5-17(21)12-19(18)22/h2-6,11-12H,7-10,13-14H2,1H3,(H,23,26). The summed E-state index contributed by atoms with van der Waals surface area (Å²) in [4.78, 5) is 17.1. The highest BCUT2D eigenvalue weighted by Crippen LogP contribution is 2.15. The fourth-order valence-corrected chi connectivity index (χ4v) is 3.78. The third-order valence-corrected chi connectivity index (χ3v) is 5.51. The molecular weight excluding hydrogens is 444 g/mol. The summed E-state index contributed by atoms with van der Waals surface area (Å²) >= 11 is 1.98. The van der Waals surface area contributed by atoms with Gasteiger partial charge in [-0.05, 0) is 59.0 Å². The number of likely N-dealkylation sites (N-methyl/N-ethyl adjacent to an activating group) is 1. The van der Waals surface area contributed by atoms with Gasteiger partial charge in [-0.3, -0.25) is 9.69 Å². The molecule has 3 rings (SSSR count). The molecule has 4 nitrogen and oxygen atoms in total. The Morgan fingerprint density at radius 1 is 1.12 bits per heavy atom. The van der Waals surface area contributed by atoms with Gasteiger partial charge in [0.25, 0.3) is 5.91 Å². The van der Waals surface area contributed by atoms with E-state index in [1.807, 2.05) is 34.7 Å². The number of benzene rings is 2. The molecule has 1 aliphatic heterocycles. The molecule has 1 heterocycles. The molecule has 2 aromatic rings. The van der Waals surface area contributed by atoms with Crippen molar-refractivity contribution >= 4 is 28.5 Å². The van der Waals surface area contributed by atoms with Crippen LogP contribution in [0.25, 0.3) is 0 Å². The molecule has 1 aliphatic rings. The first-order chi connectivity index (χ1) is 12.5. The van der Waals surface area contributed by atoms with Crippen molar-refractivity contribution < 1.29 is 9.18 Å². The van der Waals surface area contributed by atoms with Gasteiger partial charge >= 0.3 is 0 Å². The number of carbonyl (C=O) groups excluding carboxylic acids is 1. The van der Waals surface area contributed by atoms with Gasteiger partial charge in [0.2, 0.25) is 0 Å². The minimum Gasteiger partial charge on any atom is -0.348 e. The molecule has 0 saturated carbocycles. The molecule has 2 aromatic carbocycles. The molecule has 0 spiro atoms. The minimum atomic E-state index is -0.331. The summed E-state index contributed by atoms with van der Waals surface area (Å²) in [6.07, 6.45) is 0. The monoisotopic (exact) mass is 467 g/mol. The summed E-state index contributed by atoms with van der Waals surface area (Å²) < 4.78 is 13.8. The van der Waals surface area contributed by atoms with Crippen LogP contribution in [0.5, 0.6) is 0 Å². The van der Waals surface area contributed by atoms with Gasteiger partial charge in [0.1, 0.15) is 5.82 Å². The SMILES string of the molecule is CN1CCN(Cc2cccc(CNC(=O)c3ccc(F)cc3I)c2)CC1. The van der Waals surface area contributed by atoms with E-state index in [0.29, 0.717) is 15.7 Å². The van der Waals surface area contributed by atoms with Gasteiger partial charge in [-0.1, -0.05) is 24.3 Å². The zero-order valence-corrected chi connectivity index (χ0v) is 17.0. The summed E-state index contributed by atoms with van der Waals surface area (Å²) in [5, 5.41) is 2.93. The Morgan fingerprint density at radius 3 is 2.58 bits per heavy atom. The van der Waals surface area contributed by atoms with Crippen LogP contribution in [0.15, 0.2) is 42.5 Å². The molecule has 138 valence electrons. The van der Waals surface area contributed by atoms with Gasteiger partial charge in [0.05, 0.1) is 5.56 Å². The molecule has 1 fully saturated rings. The largest absolute Gasteiger partial charge is 0.348 e. The van der Waals surface area contributed by atoms with Crippen LogP contribution in [-0.4, -0.2) is 48.9 Å². The molecule has 1 saturated heterocycles. The van der Waals surface area contributed by atoms with Crippen molar-refractivity contribution in [3.05, 3.63) is 68.5 Å². The average Bonchev–Trinajstić information content (AvgIpc) is 2.62. The lowest BCUT2D eigenvalue weighted by atomic mass is 10.1. The van der Waals surface area contributed by atoms with Gasteiger partial charge in [0.15, 0.2) is 0 Å². The minimum absolute atomic E-state index is 0.182. The van der Waals surface area contributed by atoms with E-state index in [4.69, 9.17) is 0 Å². The van der Waals surface area contributed by atoms with Crippen molar-refractivity contribution in [2.75, 3.05) is 33.2 Å². The van der Waals surface area contributed by atoms with E-state index in [2.05, 4.69) is 34.3 Å². The lowest BCUT2D eigenvalue weighted by molar-refractivity contribution is 0.0950. The second-order valence-corrected chi connectivity index (χ2v) is 7.87. The van der Waals surface area contributed by atoms with Crippen molar-refractivity contribution in [1.29, 1.82) is 0 Å². The van der Waals surface area contributed by atoms with Gasteiger partial charge in [-0.2, -0.15) is 0 Å². The first-order valence-electron chi connectivity index (χ1n) is 8.73. The molecule has 0 radical (unpaired) electrons. The molecule has 0 unspecified atom stereocenters. The highest BCUT2D eigenvalue weighted by Gasteiger charge is 2.14. The number of nitrogens with one attached hydrogen (secondary N) is 1. The van der Waals surface area contributed by atoms with Crippen LogP contribution in [0.3, 0.4) is 0 Å².